The molecule has 0 saturated heterocycles. The Balaban J connectivity index is 3.43. The number of hydrogen-bond donors (Lipinski definition) is 1. The molecule has 0 unspecified atom stereocenters. The van der Waals surface area contributed by atoms with Crippen molar-refractivity contribution in [3.8, 4) is 11.8 Å². The number of rotatable bonds is 1. The van der Waals surface area contributed by atoms with Gasteiger partial charge < -0.3 is 0 Å². The van der Waals surface area contributed by atoms with Crippen LogP contribution in [-0.2, 0) is 10.0 Å². The molecule has 0 saturated carbocycles. The molecule has 13 heavy (non-hydrogen) atoms. The Kier molecular flexibility index (Phi) is 2.71. The molecule has 0 spiro atoms. The predicted molar refractivity (Wildman–Crippen MR) is 50.4 cm³/mol. The first-order chi connectivity index (χ1) is 6.05. The zero-order valence-electron chi connectivity index (χ0n) is 7.11. The molecule has 0 bridgehead atoms. The molecule has 68 valence electrons. The van der Waals surface area contributed by atoms with Crippen LogP contribution in [0.3, 0.4) is 0 Å². The highest BCUT2D eigenvalue weighted by atomic mass is 32.2. The SMILES string of the molecule is CC#Cc1ccccc1S(N)(=O)=O. The van der Waals surface area contributed by atoms with Crippen molar-refractivity contribution < 1.29 is 8.42 Å². The van der Waals surface area contributed by atoms with E-state index in [0.717, 1.165) is 0 Å². The first-order valence-corrected chi connectivity index (χ1v) is 5.15. The number of sulfonamides is 1. The maximum Gasteiger partial charge on any atom is 0.239 e. The summed E-state index contributed by atoms with van der Waals surface area (Å²) >= 11 is 0. The molecule has 2 N–H and O–H groups in total. The summed E-state index contributed by atoms with van der Waals surface area (Å²) in [4.78, 5) is 0.0735. The van der Waals surface area contributed by atoms with Crippen LogP contribution in [0.25, 0.3) is 0 Å². The van der Waals surface area contributed by atoms with Gasteiger partial charge in [0.25, 0.3) is 0 Å². The lowest BCUT2D eigenvalue weighted by molar-refractivity contribution is 0.597. The van der Waals surface area contributed by atoms with Crippen LogP contribution >= 0.6 is 0 Å². The number of nitrogens with two attached hydrogens (primary N) is 1. The maximum atomic E-state index is 11.0. The van der Waals surface area contributed by atoms with Crippen LogP contribution in [-0.4, -0.2) is 8.42 Å². The van der Waals surface area contributed by atoms with Crippen molar-refractivity contribution in [3.05, 3.63) is 29.8 Å². The summed E-state index contributed by atoms with van der Waals surface area (Å²) < 4.78 is 22.1. The molecule has 1 aromatic rings. The van der Waals surface area contributed by atoms with Gasteiger partial charge in [-0.15, -0.1) is 5.92 Å². The molecule has 0 heterocycles. The Labute approximate surface area is 77.6 Å². The molecule has 1 rings (SSSR count). The van der Waals surface area contributed by atoms with Crippen molar-refractivity contribution in [2.24, 2.45) is 5.14 Å². The molecule has 0 aliphatic rings. The summed E-state index contributed by atoms with van der Waals surface area (Å²) in [7, 11) is -3.66. The number of primary sulfonamides is 1. The first kappa shape index (κ1) is 9.78. The fourth-order valence-electron chi connectivity index (χ4n) is 0.953. The maximum absolute atomic E-state index is 11.0. The molecule has 0 aliphatic heterocycles. The molecule has 0 aliphatic carbocycles. The van der Waals surface area contributed by atoms with Gasteiger partial charge >= 0.3 is 0 Å². The molecule has 0 aromatic heterocycles. The quantitative estimate of drug-likeness (QED) is 0.671. The Hall–Kier alpha value is -1.31. The Morgan fingerprint density at radius 2 is 1.92 bits per heavy atom. The lowest BCUT2D eigenvalue weighted by Crippen LogP contribution is -2.13. The van der Waals surface area contributed by atoms with Crippen LogP contribution in [0.2, 0.25) is 0 Å². The summed E-state index contributed by atoms with van der Waals surface area (Å²) in [6, 6.07) is 6.39. The fraction of sp³-hybridized carbons (Fsp3) is 0.111. The van der Waals surface area contributed by atoms with E-state index in [4.69, 9.17) is 5.14 Å². The lowest BCUT2D eigenvalue weighted by atomic mass is 10.2. The highest BCUT2D eigenvalue weighted by Gasteiger charge is 2.10. The van der Waals surface area contributed by atoms with E-state index < -0.39 is 10.0 Å². The average Bonchev–Trinajstić information content (AvgIpc) is 2.04. The van der Waals surface area contributed by atoms with Crippen molar-refractivity contribution in [2.45, 2.75) is 11.8 Å². The number of hydrogen-bond acceptors (Lipinski definition) is 2. The molecule has 0 fully saturated rings. The smallest absolute Gasteiger partial charge is 0.225 e. The second kappa shape index (κ2) is 3.60. The van der Waals surface area contributed by atoms with E-state index in [-0.39, 0.29) is 4.90 Å². The van der Waals surface area contributed by atoms with Gasteiger partial charge in [-0.3, -0.25) is 0 Å². The highest BCUT2D eigenvalue weighted by molar-refractivity contribution is 7.89. The molecule has 4 heteroatoms. The minimum atomic E-state index is -3.66. The minimum absolute atomic E-state index is 0.0735. The van der Waals surface area contributed by atoms with Gasteiger partial charge in [0.1, 0.15) is 0 Å². The van der Waals surface area contributed by atoms with Gasteiger partial charge in [0, 0.05) is 5.56 Å². The van der Waals surface area contributed by atoms with Gasteiger partial charge in [0.2, 0.25) is 10.0 Å². The molecular weight excluding hydrogens is 186 g/mol. The zero-order chi connectivity index (χ0) is 9.90. The lowest BCUT2D eigenvalue weighted by Gasteiger charge is -1.99. The fourth-order valence-corrected chi connectivity index (χ4v) is 1.65. The normalized spacial score (nSPS) is 10.3. The van der Waals surface area contributed by atoms with Crippen LogP contribution in [0.15, 0.2) is 29.2 Å². The monoisotopic (exact) mass is 195 g/mol. The van der Waals surface area contributed by atoms with Crippen molar-refractivity contribution >= 4 is 10.0 Å². The minimum Gasteiger partial charge on any atom is -0.225 e. The van der Waals surface area contributed by atoms with E-state index in [1.165, 1.54) is 6.07 Å². The van der Waals surface area contributed by atoms with Crippen molar-refractivity contribution in [1.29, 1.82) is 0 Å². The van der Waals surface area contributed by atoms with Gasteiger partial charge in [-0.05, 0) is 19.1 Å². The summed E-state index contributed by atoms with van der Waals surface area (Å²) in [6.07, 6.45) is 0. The average molecular weight is 195 g/mol. The van der Waals surface area contributed by atoms with Gasteiger partial charge in [-0.25, -0.2) is 13.6 Å². The van der Waals surface area contributed by atoms with Crippen LogP contribution in [0.5, 0.6) is 0 Å². The summed E-state index contributed by atoms with van der Waals surface area (Å²) in [5, 5.41) is 4.99. The molecular formula is C9H9NO2S. The van der Waals surface area contributed by atoms with Gasteiger partial charge in [0.05, 0.1) is 4.90 Å². The van der Waals surface area contributed by atoms with Crippen LogP contribution in [0.1, 0.15) is 12.5 Å². The topological polar surface area (TPSA) is 60.2 Å². The zero-order valence-corrected chi connectivity index (χ0v) is 7.93. The molecule has 0 atom stereocenters. The third-order valence-electron chi connectivity index (χ3n) is 1.45. The van der Waals surface area contributed by atoms with E-state index in [1.54, 1.807) is 25.1 Å². The highest BCUT2D eigenvalue weighted by Crippen LogP contribution is 2.11. The third-order valence-corrected chi connectivity index (χ3v) is 2.42. The summed E-state index contributed by atoms with van der Waals surface area (Å²) in [6.45, 7) is 1.64. The van der Waals surface area contributed by atoms with Crippen molar-refractivity contribution in [3.63, 3.8) is 0 Å². The van der Waals surface area contributed by atoms with Gasteiger partial charge in [-0.1, -0.05) is 18.1 Å². The van der Waals surface area contributed by atoms with Gasteiger partial charge in [-0.2, -0.15) is 0 Å². The van der Waals surface area contributed by atoms with Crippen LogP contribution < -0.4 is 5.14 Å². The van der Waals surface area contributed by atoms with Crippen molar-refractivity contribution in [1.82, 2.24) is 0 Å². The van der Waals surface area contributed by atoms with E-state index in [2.05, 4.69) is 11.8 Å². The van der Waals surface area contributed by atoms with Crippen molar-refractivity contribution in [2.75, 3.05) is 0 Å². The van der Waals surface area contributed by atoms with Crippen LogP contribution in [0, 0.1) is 11.8 Å². The summed E-state index contributed by atoms with van der Waals surface area (Å²) in [5.74, 6) is 5.30. The molecule has 0 amide bonds. The Morgan fingerprint density at radius 1 is 1.31 bits per heavy atom. The third kappa shape index (κ3) is 2.31. The Morgan fingerprint density at radius 3 is 2.46 bits per heavy atom. The largest absolute Gasteiger partial charge is 0.239 e. The standard InChI is InChI=1S/C9H9NO2S/c1-2-5-8-6-3-4-7-9(8)13(10,11)12/h3-4,6-7H,1H3,(H2,10,11,12). The second-order valence-corrected chi connectivity index (χ2v) is 3.95. The molecule has 3 nitrogen and oxygen atoms in total. The van der Waals surface area contributed by atoms with E-state index in [0.29, 0.717) is 5.56 Å². The van der Waals surface area contributed by atoms with E-state index in [9.17, 15) is 8.42 Å². The number of benzene rings is 1. The first-order valence-electron chi connectivity index (χ1n) is 3.60. The predicted octanol–water partition coefficient (Wildman–Crippen LogP) is 0.705. The molecule has 1 aromatic carbocycles. The molecule has 0 radical (unpaired) electrons. The van der Waals surface area contributed by atoms with Gasteiger partial charge in [0.15, 0.2) is 0 Å². The van der Waals surface area contributed by atoms with Crippen LogP contribution in [0.4, 0.5) is 0 Å². The Bertz CT molecular complexity index is 466. The van der Waals surface area contributed by atoms with E-state index >= 15 is 0 Å². The summed E-state index contributed by atoms with van der Waals surface area (Å²) in [5.41, 5.74) is 0.438. The second-order valence-electron chi connectivity index (χ2n) is 2.42. The van der Waals surface area contributed by atoms with E-state index in [1.807, 2.05) is 0 Å².